The number of benzene rings is 3. The van der Waals surface area contributed by atoms with Crippen molar-refractivity contribution in [3.8, 4) is 11.5 Å². The van der Waals surface area contributed by atoms with Crippen molar-refractivity contribution < 1.29 is 28.7 Å². The zero-order valence-corrected chi connectivity index (χ0v) is 22.2. The van der Waals surface area contributed by atoms with Gasteiger partial charge in [-0.05, 0) is 89.4 Å². The zero-order valence-electron chi connectivity index (χ0n) is 20.6. The lowest BCUT2D eigenvalue weighted by molar-refractivity contribution is -0.122. The Labute approximate surface area is 227 Å². The van der Waals surface area contributed by atoms with Crippen molar-refractivity contribution in [2.24, 2.45) is 0 Å². The number of para-hydroxylation sites is 1. The fourth-order valence-corrected chi connectivity index (χ4v) is 4.19. The number of anilines is 2. The lowest BCUT2D eigenvalue weighted by Gasteiger charge is -2.26. The fourth-order valence-electron chi connectivity index (χ4n) is 3.68. The smallest absolute Gasteiger partial charge is 0.335 e. The fraction of sp³-hybridized carbons (Fsp3) is 0.143. The predicted molar refractivity (Wildman–Crippen MR) is 146 cm³/mol. The third-order valence-electron chi connectivity index (χ3n) is 5.55. The predicted octanol–water partition coefficient (Wildman–Crippen LogP) is 4.84. The number of halogens is 1. The van der Waals surface area contributed by atoms with Gasteiger partial charge in [0.05, 0.1) is 16.8 Å². The number of carbonyl (C=O) groups excluding carboxylic acids is 4. The molecule has 9 nitrogen and oxygen atoms in total. The molecule has 0 spiro atoms. The van der Waals surface area contributed by atoms with Crippen LogP contribution < -0.4 is 25.0 Å². The number of hydrogen-bond donors (Lipinski definition) is 2. The van der Waals surface area contributed by atoms with Gasteiger partial charge in [-0.3, -0.25) is 19.7 Å². The van der Waals surface area contributed by atoms with Gasteiger partial charge < -0.3 is 14.8 Å². The van der Waals surface area contributed by atoms with E-state index in [0.29, 0.717) is 39.5 Å². The van der Waals surface area contributed by atoms with Gasteiger partial charge >= 0.3 is 6.03 Å². The Hall–Kier alpha value is -4.44. The van der Waals surface area contributed by atoms with E-state index in [-0.39, 0.29) is 18.1 Å². The summed E-state index contributed by atoms with van der Waals surface area (Å²) in [4.78, 5) is 51.2. The molecule has 0 radical (unpaired) electrons. The molecular weight excluding hydrogens is 554 g/mol. The van der Waals surface area contributed by atoms with Crippen molar-refractivity contribution >= 4 is 57.1 Å². The molecule has 0 unspecified atom stereocenters. The van der Waals surface area contributed by atoms with Gasteiger partial charge in [-0.15, -0.1) is 0 Å². The molecule has 10 heteroatoms. The summed E-state index contributed by atoms with van der Waals surface area (Å²) in [6, 6.07) is 17.9. The first-order valence-electron chi connectivity index (χ1n) is 11.7. The van der Waals surface area contributed by atoms with E-state index >= 15 is 0 Å². The maximum absolute atomic E-state index is 13.1. The molecule has 3 aromatic rings. The van der Waals surface area contributed by atoms with E-state index in [0.717, 1.165) is 10.5 Å². The van der Waals surface area contributed by atoms with E-state index in [1.54, 1.807) is 48.5 Å². The van der Waals surface area contributed by atoms with Crippen LogP contribution in [0, 0.1) is 6.92 Å². The number of hydrogen-bond acceptors (Lipinski definition) is 6. The van der Waals surface area contributed by atoms with Crippen LogP contribution in [0.1, 0.15) is 18.1 Å². The summed E-state index contributed by atoms with van der Waals surface area (Å²) >= 11 is 3.40. The number of nitrogens with zero attached hydrogens (tertiary/aromatic N) is 1. The second-order valence-corrected chi connectivity index (χ2v) is 9.08. The van der Waals surface area contributed by atoms with Crippen LogP contribution in [-0.2, 0) is 14.4 Å². The quantitative estimate of drug-likeness (QED) is 0.292. The summed E-state index contributed by atoms with van der Waals surface area (Å²) < 4.78 is 11.5. The van der Waals surface area contributed by atoms with Crippen LogP contribution in [0.2, 0.25) is 0 Å². The Morgan fingerprint density at radius 1 is 1.03 bits per heavy atom. The minimum Gasteiger partial charge on any atom is -0.494 e. The molecule has 2 N–H and O–H groups in total. The van der Waals surface area contributed by atoms with Crippen molar-refractivity contribution in [2.45, 2.75) is 13.8 Å². The number of barbiturate groups is 1. The summed E-state index contributed by atoms with van der Waals surface area (Å²) in [5.74, 6) is -0.884. The van der Waals surface area contributed by atoms with Crippen LogP contribution in [0.4, 0.5) is 16.2 Å². The number of nitrogens with one attached hydrogen (secondary N) is 2. The van der Waals surface area contributed by atoms with Crippen LogP contribution >= 0.6 is 15.9 Å². The molecule has 0 saturated carbocycles. The molecule has 0 atom stereocenters. The summed E-state index contributed by atoms with van der Waals surface area (Å²) in [6.07, 6.45) is 1.38. The van der Waals surface area contributed by atoms with Gasteiger partial charge in [0.15, 0.2) is 6.61 Å². The van der Waals surface area contributed by atoms with Crippen LogP contribution in [0.5, 0.6) is 11.5 Å². The van der Waals surface area contributed by atoms with Crippen molar-refractivity contribution in [1.29, 1.82) is 0 Å². The number of amides is 5. The van der Waals surface area contributed by atoms with E-state index in [9.17, 15) is 19.2 Å². The lowest BCUT2D eigenvalue weighted by atomic mass is 10.1. The third-order valence-corrected chi connectivity index (χ3v) is 6.17. The summed E-state index contributed by atoms with van der Waals surface area (Å²) in [5.41, 5.74) is 2.23. The normalized spacial score (nSPS) is 14.3. The number of urea groups is 1. The monoisotopic (exact) mass is 577 g/mol. The van der Waals surface area contributed by atoms with Crippen molar-refractivity contribution in [2.75, 3.05) is 23.4 Å². The third kappa shape index (κ3) is 6.09. The minimum atomic E-state index is -0.838. The van der Waals surface area contributed by atoms with Crippen molar-refractivity contribution in [3.05, 3.63) is 87.9 Å². The van der Waals surface area contributed by atoms with E-state index in [2.05, 4.69) is 26.6 Å². The average molecular weight is 578 g/mol. The summed E-state index contributed by atoms with van der Waals surface area (Å²) in [5, 5.41) is 4.99. The highest BCUT2D eigenvalue weighted by atomic mass is 79.9. The summed E-state index contributed by atoms with van der Waals surface area (Å²) in [6.45, 7) is 4.00. The molecule has 0 aromatic heterocycles. The molecule has 0 bridgehead atoms. The number of imide groups is 2. The molecule has 0 aliphatic carbocycles. The molecule has 38 heavy (non-hydrogen) atoms. The molecule has 3 aromatic carbocycles. The van der Waals surface area contributed by atoms with E-state index < -0.39 is 17.8 Å². The van der Waals surface area contributed by atoms with Crippen molar-refractivity contribution in [1.82, 2.24) is 5.32 Å². The van der Waals surface area contributed by atoms with Crippen molar-refractivity contribution in [3.63, 3.8) is 0 Å². The molecule has 1 heterocycles. The first kappa shape index (κ1) is 26.6. The Morgan fingerprint density at radius 3 is 2.45 bits per heavy atom. The highest BCUT2D eigenvalue weighted by molar-refractivity contribution is 9.10. The molecule has 194 valence electrons. The van der Waals surface area contributed by atoms with Gasteiger partial charge in [0, 0.05) is 5.69 Å². The highest BCUT2D eigenvalue weighted by Crippen LogP contribution is 2.29. The van der Waals surface area contributed by atoms with Gasteiger partial charge in [0.25, 0.3) is 17.7 Å². The Morgan fingerprint density at radius 2 is 1.76 bits per heavy atom. The second-order valence-electron chi connectivity index (χ2n) is 8.23. The first-order valence-corrected chi connectivity index (χ1v) is 12.5. The number of aryl methyl sites for hydroxylation is 1. The first-order chi connectivity index (χ1) is 18.3. The number of ether oxygens (including phenoxy) is 2. The maximum Gasteiger partial charge on any atom is 0.335 e. The van der Waals surface area contributed by atoms with Gasteiger partial charge in [-0.2, -0.15) is 0 Å². The molecule has 1 saturated heterocycles. The Balaban J connectivity index is 1.47. The molecule has 1 aliphatic heterocycles. The van der Waals surface area contributed by atoms with Crippen LogP contribution in [0.3, 0.4) is 0 Å². The summed E-state index contributed by atoms with van der Waals surface area (Å²) in [7, 11) is 0. The van der Waals surface area contributed by atoms with Gasteiger partial charge in [0.1, 0.15) is 17.1 Å². The molecule has 1 fully saturated rings. The molecular formula is C28H24BrN3O6. The van der Waals surface area contributed by atoms with Crippen LogP contribution in [0.25, 0.3) is 6.08 Å². The SMILES string of the molecule is CCOc1ccc(N2C(=O)NC(=O)/C(=C\c3ccc(OCC(=O)Nc4ccccc4C)c(Br)c3)C2=O)cc1. The minimum absolute atomic E-state index is 0.211. The zero-order chi connectivity index (χ0) is 27.2. The topological polar surface area (TPSA) is 114 Å². The van der Waals surface area contributed by atoms with E-state index in [1.165, 1.54) is 6.08 Å². The standard InChI is InChI=1S/C28H24BrN3O6/c1-3-37-20-11-9-19(10-12-20)32-27(35)21(26(34)31-28(32)36)14-18-8-13-24(22(29)15-18)38-16-25(33)30-23-7-5-4-6-17(23)2/h4-15H,3,16H2,1-2H3,(H,30,33)(H,31,34,36)/b21-14+. The molecule has 5 amide bonds. The van der Waals surface area contributed by atoms with E-state index in [1.807, 2.05) is 32.0 Å². The molecule has 4 rings (SSSR count). The van der Waals surface area contributed by atoms with Gasteiger partial charge in [-0.1, -0.05) is 24.3 Å². The Bertz CT molecular complexity index is 1430. The molecule has 1 aliphatic rings. The highest BCUT2D eigenvalue weighted by Gasteiger charge is 2.36. The number of rotatable bonds is 8. The van der Waals surface area contributed by atoms with Crippen LogP contribution in [-0.4, -0.2) is 37.0 Å². The largest absolute Gasteiger partial charge is 0.494 e. The van der Waals surface area contributed by atoms with E-state index in [4.69, 9.17) is 9.47 Å². The van der Waals surface area contributed by atoms with Gasteiger partial charge in [0.2, 0.25) is 0 Å². The Kier molecular flexibility index (Phi) is 8.22. The second kappa shape index (κ2) is 11.7. The average Bonchev–Trinajstić information content (AvgIpc) is 2.88. The van der Waals surface area contributed by atoms with Gasteiger partial charge in [-0.25, -0.2) is 9.69 Å². The number of carbonyl (C=O) groups is 4. The van der Waals surface area contributed by atoms with Crippen LogP contribution in [0.15, 0.2) is 76.8 Å². The maximum atomic E-state index is 13.1. The lowest BCUT2D eigenvalue weighted by Crippen LogP contribution is -2.54.